The van der Waals surface area contributed by atoms with Gasteiger partial charge in [-0.3, -0.25) is 14.1 Å². The van der Waals surface area contributed by atoms with Gasteiger partial charge in [0, 0.05) is 11.9 Å². The quantitative estimate of drug-likeness (QED) is 0.123. The number of aromatic nitrogens is 1. The molecule has 3 heterocycles. The number of ether oxygens (including phenoxy) is 1. The third-order valence-corrected chi connectivity index (χ3v) is 6.44. The van der Waals surface area contributed by atoms with Crippen molar-refractivity contribution in [2.75, 3.05) is 25.4 Å². The van der Waals surface area contributed by atoms with Gasteiger partial charge in [-0.2, -0.15) is 8.42 Å². The maximum absolute atomic E-state index is 13.0. The summed E-state index contributed by atoms with van der Waals surface area (Å²) in [5.41, 5.74) is 3.11. The molecule has 0 aromatic carbocycles. The van der Waals surface area contributed by atoms with E-state index < -0.39 is 57.6 Å². The molecule has 186 valence electrons. The minimum absolute atomic E-state index is 0.0428. The van der Waals surface area contributed by atoms with Crippen LogP contribution in [-0.2, 0) is 34.3 Å². The highest BCUT2D eigenvalue weighted by atomic mass is 32.2. The number of hydrogen-bond acceptors (Lipinski definition) is 12. The second-order valence-corrected chi connectivity index (χ2v) is 9.79. The summed E-state index contributed by atoms with van der Waals surface area (Å²) in [4.78, 5) is 58.4. The number of amides is 3. The lowest BCUT2D eigenvalue weighted by atomic mass is 9.97. The molecule has 5 N–H and O–H groups in total. The summed E-state index contributed by atoms with van der Waals surface area (Å²) in [7, 11) is -4.99. The van der Waals surface area contributed by atoms with Gasteiger partial charge in [0.25, 0.3) is 11.8 Å². The minimum Gasteiger partial charge on any atom is -0.478 e. The van der Waals surface area contributed by atoms with E-state index in [1.807, 2.05) is 0 Å². The van der Waals surface area contributed by atoms with E-state index in [0.29, 0.717) is 0 Å². The normalized spacial score (nSPS) is 21.2. The zero-order valence-corrected chi connectivity index (χ0v) is 19.3. The first-order valence-corrected chi connectivity index (χ1v) is 11.7. The van der Waals surface area contributed by atoms with Gasteiger partial charge in [0.1, 0.15) is 18.3 Å². The predicted octanol–water partition coefficient (Wildman–Crippen LogP) is -1.74. The first kappa shape index (κ1) is 25.1. The fourth-order valence-electron chi connectivity index (χ4n) is 2.97. The Balaban J connectivity index is 1.87. The molecule has 0 aliphatic carbocycles. The number of hydrogen-bond donors (Lipinski definition) is 4. The molecule has 3 rings (SSSR count). The molecule has 0 spiro atoms. The van der Waals surface area contributed by atoms with Gasteiger partial charge in [-0.05, 0) is 13.8 Å². The van der Waals surface area contributed by atoms with E-state index in [1.54, 1.807) is 0 Å². The fourth-order valence-corrected chi connectivity index (χ4v) is 4.39. The van der Waals surface area contributed by atoms with Gasteiger partial charge in [-0.25, -0.2) is 18.9 Å². The summed E-state index contributed by atoms with van der Waals surface area (Å²) in [6.45, 7) is 2.13. The number of nitrogens with two attached hydrogens (primary N) is 1. The van der Waals surface area contributed by atoms with E-state index in [2.05, 4.69) is 15.5 Å². The molecule has 0 bridgehead atoms. The number of carboxylic acid groups (broad SMARTS) is 1. The van der Waals surface area contributed by atoms with Gasteiger partial charge in [0.15, 0.2) is 10.8 Å². The summed E-state index contributed by atoms with van der Waals surface area (Å²) in [6, 6.07) is -2.84. The molecule has 2 atom stereocenters. The number of rotatable bonds is 9. The first-order chi connectivity index (χ1) is 15.7. The number of carboxylic acids is 1. The van der Waals surface area contributed by atoms with Crippen LogP contribution in [0.5, 0.6) is 0 Å². The van der Waals surface area contributed by atoms with E-state index in [0.717, 1.165) is 16.2 Å². The SMILES string of the molecule is CC(C)(O/N=C(/C(=O)N[C@@H]1C(=O)N(S(=O)(=O)O)[C@@H]1CN1CCOC1=O)c1csc(N)n1)C(=O)O. The number of carbonyl (C=O) groups excluding carboxylic acids is 3. The second-order valence-electron chi connectivity index (χ2n) is 7.61. The first-order valence-electron chi connectivity index (χ1n) is 9.46. The second kappa shape index (κ2) is 9.03. The number of carbonyl (C=O) groups is 4. The fraction of sp³-hybridized carbons (Fsp3) is 0.500. The lowest BCUT2D eigenvalue weighted by molar-refractivity contribution is -0.161. The molecule has 3 amide bonds. The highest BCUT2D eigenvalue weighted by Gasteiger charge is 2.55. The largest absolute Gasteiger partial charge is 0.478 e. The summed E-state index contributed by atoms with van der Waals surface area (Å²) >= 11 is 0.943. The zero-order chi connectivity index (χ0) is 25.4. The molecule has 2 saturated heterocycles. The van der Waals surface area contributed by atoms with Crippen LogP contribution in [0.3, 0.4) is 0 Å². The Hall–Kier alpha value is -3.51. The molecule has 34 heavy (non-hydrogen) atoms. The maximum atomic E-state index is 13.0. The van der Waals surface area contributed by atoms with Crippen molar-refractivity contribution in [1.82, 2.24) is 19.5 Å². The molecular weight excluding hydrogens is 500 g/mol. The Labute approximate surface area is 196 Å². The van der Waals surface area contributed by atoms with Crippen LogP contribution in [0.4, 0.5) is 9.93 Å². The Morgan fingerprint density at radius 1 is 1.44 bits per heavy atom. The van der Waals surface area contributed by atoms with Gasteiger partial charge < -0.3 is 30.6 Å². The van der Waals surface area contributed by atoms with Crippen molar-refractivity contribution in [3.63, 3.8) is 0 Å². The summed E-state index contributed by atoms with van der Waals surface area (Å²) in [5.74, 6) is -3.63. The average molecular weight is 521 g/mol. The standard InChI is InChI=1S/C16H20N6O10S2/c1-16(2,13(25)26)32-20-9(7-6-33-14(17)18-7)11(23)19-10-8(5-21-3-4-31-15(21)27)22(12(10)24)34(28,29)30/h6,8,10H,3-5H2,1-2H3,(H2,17,18)(H,19,23)(H,25,26)(H,28,29,30)/b20-9+/t8-,10+/m1/s1. The Kier molecular flexibility index (Phi) is 6.67. The van der Waals surface area contributed by atoms with Crippen molar-refractivity contribution in [3.8, 4) is 0 Å². The average Bonchev–Trinajstić information content (AvgIpc) is 3.32. The van der Waals surface area contributed by atoms with Gasteiger partial charge in [-0.1, -0.05) is 5.16 Å². The van der Waals surface area contributed by atoms with Crippen molar-refractivity contribution < 1.29 is 46.8 Å². The van der Waals surface area contributed by atoms with Crippen LogP contribution in [0.15, 0.2) is 10.5 Å². The molecule has 16 nitrogen and oxygen atoms in total. The van der Waals surface area contributed by atoms with Crippen molar-refractivity contribution in [2.45, 2.75) is 31.5 Å². The van der Waals surface area contributed by atoms with Crippen LogP contribution in [0.2, 0.25) is 0 Å². The monoisotopic (exact) mass is 520 g/mol. The molecular formula is C16H20N6O10S2. The Bertz CT molecular complexity index is 1160. The van der Waals surface area contributed by atoms with Crippen LogP contribution < -0.4 is 11.1 Å². The van der Waals surface area contributed by atoms with Crippen molar-refractivity contribution >= 4 is 56.4 Å². The van der Waals surface area contributed by atoms with Gasteiger partial charge >= 0.3 is 22.4 Å². The van der Waals surface area contributed by atoms with E-state index in [-0.39, 0.29) is 34.8 Å². The molecule has 18 heteroatoms. The molecule has 1 aromatic rings. The molecule has 2 aliphatic heterocycles. The number of thiazole rings is 1. The zero-order valence-electron chi connectivity index (χ0n) is 17.7. The number of oxime groups is 1. The number of nitrogen functional groups attached to an aromatic ring is 1. The Morgan fingerprint density at radius 3 is 2.62 bits per heavy atom. The number of anilines is 1. The molecule has 2 fully saturated rings. The van der Waals surface area contributed by atoms with Gasteiger partial charge in [-0.15, -0.1) is 11.3 Å². The molecule has 0 unspecified atom stereocenters. The lowest BCUT2D eigenvalue weighted by Crippen LogP contribution is -2.74. The minimum atomic E-state index is -4.99. The topological polar surface area (TPSA) is 231 Å². The van der Waals surface area contributed by atoms with Crippen LogP contribution in [0.1, 0.15) is 19.5 Å². The molecule has 0 saturated carbocycles. The van der Waals surface area contributed by atoms with E-state index in [9.17, 15) is 37.3 Å². The van der Waals surface area contributed by atoms with E-state index in [4.69, 9.17) is 15.3 Å². The maximum Gasteiger partial charge on any atom is 0.410 e. The smallest absolute Gasteiger partial charge is 0.410 e. The number of β-lactam (4-membered cyclic amide) rings is 1. The molecule has 1 aromatic heterocycles. The third kappa shape index (κ3) is 5.02. The van der Waals surface area contributed by atoms with Crippen LogP contribution in [0, 0.1) is 0 Å². The number of nitrogens with one attached hydrogen (secondary N) is 1. The molecule has 2 aliphatic rings. The van der Waals surface area contributed by atoms with Gasteiger partial charge in [0.05, 0.1) is 12.6 Å². The van der Waals surface area contributed by atoms with Crippen LogP contribution >= 0.6 is 11.3 Å². The number of nitrogens with zero attached hydrogens (tertiary/aromatic N) is 4. The number of aliphatic carboxylic acids is 1. The highest BCUT2D eigenvalue weighted by molar-refractivity contribution is 7.84. The van der Waals surface area contributed by atoms with Gasteiger partial charge in [0.2, 0.25) is 5.60 Å². The summed E-state index contributed by atoms with van der Waals surface area (Å²) in [6.07, 6.45) is -0.760. The van der Waals surface area contributed by atoms with Crippen molar-refractivity contribution in [2.24, 2.45) is 5.16 Å². The summed E-state index contributed by atoms with van der Waals surface area (Å²) in [5, 5.41) is 16.4. The summed E-state index contributed by atoms with van der Waals surface area (Å²) < 4.78 is 37.6. The van der Waals surface area contributed by atoms with E-state index in [1.165, 1.54) is 19.2 Å². The lowest BCUT2D eigenvalue weighted by Gasteiger charge is -2.45. The Morgan fingerprint density at radius 2 is 2.12 bits per heavy atom. The van der Waals surface area contributed by atoms with Crippen LogP contribution in [-0.4, -0.2) is 99.2 Å². The highest BCUT2D eigenvalue weighted by Crippen LogP contribution is 2.26. The molecule has 0 radical (unpaired) electrons. The number of cyclic esters (lactones) is 1. The van der Waals surface area contributed by atoms with E-state index >= 15 is 0 Å². The predicted molar refractivity (Wildman–Crippen MR) is 113 cm³/mol. The third-order valence-electron chi connectivity index (χ3n) is 4.82. The van der Waals surface area contributed by atoms with Crippen LogP contribution in [0.25, 0.3) is 0 Å². The van der Waals surface area contributed by atoms with Crippen molar-refractivity contribution in [3.05, 3.63) is 11.1 Å². The van der Waals surface area contributed by atoms with Crippen molar-refractivity contribution in [1.29, 1.82) is 0 Å².